The van der Waals surface area contributed by atoms with Crippen molar-refractivity contribution in [2.75, 3.05) is 5.32 Å². The summed E-state index contributed by atoms with van der Waals surface area (Å²) in [5, 5.41) is 2.59. The molecule has 0 saturated heterocycles. The molecule has 1 nitrogen and oxygen atoms in total. The number of benzene rings is 1. The van der Waals surface area contributed by atoms with Gasteiger partial charge in [0.1, 0.15) is 13.9 Å². The van der Waals surface area contributed by atoms with Crippen molar-refractivity contribution in [2.24, 2.45) is 0 Å². The molecule has 0 aliphatic carbocycles. The van der Waals surface area contributed by atoms with Crippen molar-refractivity contribution >= 4 is 13.8 Å². The standard InChI is InChI=1S/C12H13F4NSi/c1-18(2,3)7-6-17-9-4-5-10(11(13)8-9)12(14,15)16/h4-5,8,17H,1-3H3. The SMILES string of the molecule is C[Si](C)(C)C#CNc1ccc(C(F)(F)F)c(F)c1. The van der Waals surface area contributed by atoms with Crippen LogP contribution >= 0.6 is 0 Å². The third-order valence-electron chi connectivity index (χ3n) is 1.92. The number of nitrogens with one attached hydrogen (secondary N) is 1. The molecular formula is C12H13F4NSi. The van der Waals surface area contributed by atoms with Gasteiger partial charge in [-0.2, -0.15) is 13.2 Å². The second-order valence-electron chi connectivity index (χ2n) is 4.82. The first-order valence-electron chi connectivity index (χ1n) is 5.24. The van der Waals surface area contributed by atoms with E-state index in [1.54, 1.807) is 0 Å². The molecule has 0 heterocycles. The van der Waals surface area contributed by atoms with Gasteiger partial charge in [0.05, 0.1) is 5.56 Å². The van der Waals surface area contributed by atoms with Crippen molar-refractivity contribution < 1.29 is 17.6 Å². The molecule has 1 aromatic carbocycles. The lowest BCUT2D eigenvalue weighted by atomic mass is 10.2. The Kier molecular flexibility index (Phi) is 4.07. The van der Waals surface area contributed by atoms with Crippen LogP contribution in [0.2, 0.25) is 19.6 Å². The Morgan fingerprint density at radius 3 is 2.22 bits per heavy atom. The Hall–Kier alpha value is -1.48. The van der Waals surface area contributed by atoms with Crippen LogP contribution in [0.25, 0.3) is 0 Å². The lowest BCUT2D eigenvalue weighted by molar-refractivity contribution is -0.139. The predicted octanol–water partition coefficient (Wildman–Crippen LogP) is 4.09. The van der Waals surface area contributed by atoms with Crippen LogP contribution in [0.5, 0.6) is 0 Å². The molecule has 0 fully saturated rings. The van der Waals surface area contributed by atoms with E-state index in [2.05, 4.69) is 16.9 Å². The summed E-state index contributed by atoms with van der Waals surface area (Å²) >= 11 is 0. The first kappa shape index (κ1) is 14.6. The van der Waals surface area contributed by atoms with E-state index < -0.39 is 25.6 Å². The highest BCUT2D eigenvalue weighted by atomic mass is 28.3. The first-order valence-corrected chi connectivity index (χ1v) is 8.74. The Morgan fingerprint density at radius 1 is 1.17 bits per heavy atom. The van der Waals surface area contributed by atoms with Crippen LogP contribution < -0.4 is 5.32 Å². The molecule has 1 rings (SSSR count). The van der Waals surface area contributed by atoms with E-state index in [4.69, 9.17) is 0 Å². The summed E-state index contributed by atoms with van der Waals surface area (Å²) in [5.74, 6) is -1.30. The van der Waals surface area contributed by atoms with Crippen LogP contribution in [0.15, 0.2) is 18.2 Å². The summed E-state index contributed by atoms with van der Waals surface area (Å²) in [6.45, 7) is 6.07. The lowest BCUT2D eigenvalue weighted by Gasteiger charge is -2.09. The first-order chi connectivity index (χ1) is 8.09. The van der Waals surface area contributed by atoms with Crippen molar-refractivity contribution in [3.63, 3.8) is 0 Å². The van der Waals surface area contributed by atoms with Gasteiger partial charge in [-0.15, -0.1) is 5.54 Å². The van der Waals surface area contributed by atoms with E-state index >= 15 is 0 Å². The fourth-order valence-corrected chi connectivity index (χ4v) is 1.55. The zero-order valence-corrected chi connectivity index (χ0v) is 11.2. The number of hydrogen-bond acceptors (Lipinski definition) is 1. The second-order valence-corrected chi connectivity index (χ2v) is 9.57. The summed E-state index contributed by atoms with van der Waals surface area (Å²) < 4.78 is 50.1. The van der Waals surface area contributed by atoms with Gasteiger partial charge in [-0.3, -0.25) is 0 Å². The number of anilines is 1. The average Bonchev–Trinajstić information content (AvgIpc) is 2.13. The van der Waals surface area contributed by atoms with Crippen molar-refractivity contribution in [3.05, 3.63) is 29.6 Å². The molecule has 0 amide bonds. The molecule has 0 aromatic heterocycles. The lowest BCUT2D eigenvalue weighted by Crippen LogP contribution is -2.17. The Balaban J connectivity index is 2.89. The zero-order chi connectivity index (χ0) is 14.0. The number of rotatable bonds is 1. The molecule has 1 N–H and O–H groups in total. The van der Waals surface area contributed by atoms with Crippen molar-refractivity contribution in [1.82, 2.24) is 0 Å². The van der Waals surface area contributed by atoms with E-state index in [1.807, 2.05) is 19.6 Å². The van der Waals surface area contributed by atoms with Crippen LogP contribution in [0.4, 0.5) is 23.2 Å². The highest BCUT2D eigenvalue weighted by molar-refractivity contribution is 6.83. The normalized spacial score (nSPS) is 11.7. The molecule has 1 aromatic rings. The Morgan fingerprint density at radius 2 is 1.78 bits per heavy atom. The van der Waals surface area contributed by atoms with Crippen LogP contribution in [0.3, 0.4) is 0 Å². The van der Waals surface area contributed by atoms with Gasteiger partial charge in [-0.25, -0.2) is 4.39 Å². The van der Waals surface area contributed by atoms with Gasteiger partial charge in [-0.05, 0) is 18.2 Å². The fraction of sp³-hybridized carbons (Fsp3) is 0.333. The van der Waals surface area contributed by atoms with Gasteiger partial charge in [0.15, 0.2) is 0 Å². The maximum atomic E-state index is 13.2. The van der Waals surface area contributed by atoms with Crippen molar-refractivity contribution in [1.29, 1.82) is 0 Å². The van der Waals surface area contributed by atoms with E-state index in [0.29, 0.717) is 6.07 Å². The monoisotopic (exact) mass is 275 g/mol. The largest absolute Gasteiger partial charge is 0.419 e. The van der Waals surface area contributed by atoms with Crippen LogP contribution in [0, 0.1) is 17.4 Å². The smallest absolute Gasteiger partial charge is 0.315 e. The van der Waals surface area contributed by atoms with Gasteiger partial charge < -0.3 is 5.32 Å². The van der Waals surface area contributed by atoms with Crippen LogP contribution in [0.1, 0.15) is 5.56 Å². The molecule has 0 aliphatic rings. The molecule has 98 valence electrons. The highest BCUT2D eigenvalue weighted by Crippen LogP contribution is 2.32. The summed E-state index contributed by atoms with van der Waals surface area (Å²) in [6, 6.07) is 5.29. The zero-order valence-electron chi connectivity index (χ0n) is 10.2. The molecule has 0 unspecified atom stereocenters. The second kappa shape index (κ2) is 5.02. The molecular weight excluding hydrogens is 262 g/mol. The maximum absolute atomic E-state index is 13.2. The Bertz CT molecular complexity index is 492. The molecule has 0 spiro atoms. The Labute approximate surface area is 104 Å². The van der Waals surface area contributed by atoms with E-state index in [0.717, 1.165) is 12.1 Å². The van der Waals surface area contributed by atoms with Gasteiger partial charge >= 0.3 is 6.18 Å². The minimum Gasteiger partial charge on any atom is -0.315 e. The van der Waals surface area contributed by atoms with Crippen molar-refractivity contribution in [2.45, 2.75) is 25.8 Å². The molecule has 0 radical (unpaired) electrons. The topological polar surface area (TPSA) is 12.0 Å². The quantitative estimate of drug-likeness (QED) is 0.352. The predicted molar refractivity (Wildman–Crippen MR) is 66.1 cm³/mol. The van der Waals surface area contributed by atoms with Gasteiger partial charge in [0.2, 0.25) is 0 Å². The van der Waals surface area contributed by atoms with E-state index in [9.17, 15) is 17.6 Å². The van der Waals surface area contributed by atoms with Gasteiger partial charge in [-0.1, -0.05) is 19.6 Å². The fourth-order valence-electron chi connectivity index (χ4n) is 1.11. The molecule has 0 saturated carbocycles. The number of halogens is 4. The molecule has 0 atom stereocenters. The van der Waals surface area contributed by atoms with Crippen LogP contribution in [-0.2, 0) is 6.18 Å². The number of alkyl halides is 3. The highest BCUT2D eigenvalue weighted by Gasteiger charge is 2.33. The van der Waals surface area contributed by atoms with Gasteiger partial charge in [0, 0.05) is 11.7 Å². The van der Waals surface area contributed by atoms with E-state index in [-0.39, 0.29) is 5.69 Å². The van der Waals surface area contributed by atoms with Crippen LogP contribution in [-0.4, -0.2) is 8.07 Å². The molecule has 0 bridgehead atoms. The third-order valence-corrected chi connectivity index (χ3v) is 2.79. The summed E-state index contributed by atoms with van der Waals surface area (Å²) in [6.07, 6.45) is -4.67. The molecule has 6 heteroatoms. The average molecular weight is 275 g/mol. The summed E-state index contributed by atoms with van der Waals surface area (Å²) in [5.41, 5.74) is 1.91. The summed E-state index contributed by atoms with van der Waals surface area (Å²) in [4.78, 5) is 0. The third kappa shape index (κ3) is 4.41. The minimum atomic E-state index is -4.67. The summed E-state index contributed by atoms with van der Waals surface area (Å²) in [7, 11) is -1.56. The van der Waals surface area contributed by atoms with Crippen molar-refractivity contribution in [3.8, 4) is 11.6 Å². The molecule has 0 aliphatic heterocycles. The van der Waals surface area contributed by atoms with Gasteiger partial charge in [0.25, 0.3) is 0 Å². The molecule has 18 heavy (non-hydrogen) atoms. The maximum Gasteiger partial charge on any atom is 0.419 e. The number of hydrogen-bond donors (Lipinski definition) is 1. The minimum absolute atomic E-state index is 0.214. The van der Waals surface area contributed by atoms with E-state index in [1.165, 1.54) is 0 Å².